The van der Waals surface area contributed by atoms with E-state index in [-0.39, 0.29) is 403 Å². The maximum Gasteiger partial charge on any atom is 0.242 e. The molecule has 27 heteroatoms. The van der Waals surface area contributed by atoms with Crippen LogP contribution in [0, 0.1) is 358 Å². The molecule has 0 bridgehead atoms. The van der Waals surface area contributed by atoms with E-state index in [0.717, 1.165) is 25.7 Å². The summed E-state index contributed by atoms with van der Waals surface area (Å²) in [5, 5.41) is 66.5. The Kier molecular flexibility index (Phi) is 70.8. The standard InChI is InChI=1S/C36H65N5O14.8Ac/c1-21(33(50)39-15-7-3-5-9-17-52-35-27(37)31(48)29(46)24(19-42)54-35)11-14-26(45)41-23(13-12-22(2)44)34(51)40-16-8-4-6-10-18-53-36-28(38)32(49)30(47)25(20-43)55-36;;;;;;;;/h21,23-25,27-32,35-38,42-43,46-49H,3-20H2,1-2H3,(H,39,50)(H,40,51)(H,41,45);;;;;;;;/q-2;;;;;;;;. The van der Waals surface area contributed by atoms with Crippen molar-refractivity contribution in [3.63, 3.8) is 0 Å². The fraction of sp³-hybridized carbons (Fsp3) is 0.889. The summed E-state index contributed by atoms with van der Waals surface area (Å²) in [5.74, 6) is -1.55. The fourth-order valence-corrected chi connectivity index (χ4v) is 6.09. The van der Waals surface area contributed by atoms with E-state index in [9.17, 15) is 49.8 Å². The summed E-state index contributed by atoms with van der Waals surface area (Å²) in [6.45, 7) is 3.42. The maximum atomic E-state index is 12.9. The Morgan fingerprint density at radius 3 is 1.38 bits per heavy atom. The first-order valence-corrected chi connectivity index (χ1v) is 19.5. The van der Waals surface area contributed by atoms with Crippen LogP contribution < -0.4 is 16.0 Å². The molecule has 2 fully saturated rings. The van der Waals surface area contributed by atoms with Crippen LogP contribution in [0.5, 0.6) is 0 Å². The molecule has 2 heterocycles. The summed E-state index contributed by atoms with van der Waals surface area (Å²) >= 11 is 0. The third-order valence-electron chi connectivity index (χ3n) is 9.76. The molecule has 344 valence electrons. The fourth-order valence-electron chi connectivity index (χ4n) is 6.09. The Bertz CT molecular complexity index is 1170. The van der Waals surface area contributed by atoms with Gasteiger partial charge in [0, 0.05) is 398 Å². The zero-order chi connectivity index (χ0) is 40.9. The molecule has 11 N–H and O–H groups in total. The van der Waals surface area contributed by atoms with Gasteiger partial charge in [0.15, 0.2) is 0 Å². The zero-order valence-corrected chi connectivity index (χ0v) is 74.7. The van der Waals surface area contributed by atoms with Gasteiger partial charge in [-0.1, -0.05) is 44.7 Å². The van der Waals surface area contributed by atoms with Crippen molar-refractivity contribution in [2.75, 3.05) is 39.5 Å². The van der Waals surface area contributed by atoms with Crippen molar-refractivity contribution in [1.29, 1.82) is 0 Å². The first-order valence-electron chi connectivity index (χ1n) is 19.5. The number of ether oxygens (including phenoxy) is 4. The van der Waals surface area contributed by atoms with Crippen LogP contribution in [0.1, 0.15) is 90.9 Å². The molecule has 0 spiro atoms. The van der Waals surface area contributed by atoms with Crippen LogP contribution in [-0.4, -0.2) is 161 Å². The first-order chi connectivity index (χ1) is 26.2. The van der Waals surface area contributed by atoms with Crippen LogP contribution >= 0.6 is 0 Å². The molecule has 2 aliphatic heterocycles. The van der Waals surface area contributed by atoms with Gasteiger partial charge in [0.1, 0.15) is 48.8 Å². The third-order valence-corrected chi connectivity index (χ3v) is 9.76. The summed E-state index contributed by atoms with van der Waals surface area (Å²) in [4.78, 5) is 49.8. The SMILES string of the molecule is CC(=O)CCC(NC(=O)CCC(C)C(=O)NCCCCCCOC1OC(CO)C(O)C(O)C1[NH-])C(=O)NCCCCCCOC1OC(CO)C(O)C(O)C1[NH-].[Ac].[Ac].[Ac].[Ac].[Ac].[Ac].[Ac].[Ac]. The second-order valence-electron chi connectivity index (χ2n) is 14.4. The Morgan fingerprint density at radius 2 is 0.984 bits per heavy atom. The molecule has 0 aromatic rings. The molecule has 19 nitrogen and oxygen atoms in total. The van der Waals surface area contributed by atoms with Crippen LogP contribution in [0.2, 0.25) is 0 Å². The van der Waals surface area contributed by atoms with E-state index in [1.165, 1.54) is 6.92 Å². The number of aliphatic hydroxyl groups is 6. The smallest absolute Gasteiger partial charge is 0.242 e. The number of unbranched alkanes of at least 4 members (excludes halogenated alkanes) is 6. The number of nitrogens with one attached hydrogen (secondary N) is 5. The monoisotopic (exact) mass is 2610 g/mol. The molecule has 12 unspecified atom stereocenters. The Hall–Kier alpha value is 9.13. The number of ketones is 1. The molecule has 2 rings (SSSR count). The zero-order valence-electron chi connectivity index (χ0n) is 36.7. The van der Waals surface area contributed by atoms with Gasteiger partial charge in [0.25, 0.3) is 0 Å². The second kappa shape index (κ2) is 51.9. The minimum Gasteiger partial charge on any atom is -0.668 e. The summed E-state index contributed by atoms with van der Waals surface area (Å²) in [6, 6.07) is -3.30. The predicted octanol–water partition coefficient (Wildman–Crippen LogP) is -0.637. The number of aliphatic hydroxyl groups excluding tert-OH is 6. The van der Waals surface area contributed by atoms with E-state index in [1.54, 1.807) is 6.92 Å². The predicted molar refractivity (Wildman–Crippen MR) is 197 cm³/mol. The van der Waals surface area contributed by atoms with Gasteiger partial charge < -0.3 is 81.8 Å². The number of carbonyl (C=O) groups is 4. The first kappa shape index (κ1) is 86.0. The average Bonchev–Trinajstić information content (AvgIpc) is 3.16. The van der Waals surface area contributed by atoms with Crippen LogP contribution in [0.4, 0.5) is 0 Å². The Labute approximate surface area is 659 Å². The molecule has 63 heavy (non-hydrogen) atoms. The number of Topliss-reactive ketones (excluding diaryl/α,β-unsaturated/α-hetero) is 1. The largest absolute Gasteiger partial charge is 0.668 e. The Balaban J connectivity index is -0.000000784. The van der Waals surface area contributed by atoms with Crippen molar-refractivity contribution in [1.82, 2.24) is 16.0 Å². The second-order valence-corrected chi connectivity index (χ2v) is 14.4. The van der Waals surface area contributed by atoms with E-state index in [0.29, 0.717) is 38.8 Å². The van der Waals surface area contributed by atoms with Gasteiger partial charge in [-0.2, -0.15) is 0 Å². The van der Waals surface area contributed by atoms with Crippen molar-refractivity contribution in [3.05, 3.63) is 11.5 Å². The average molecular weight is 2610 g/mol. The molecular weight excluding hydrogens is 2540 g/mol. The molecule has 0 saturated carbocycles. The molecule has 2 saturated heterocycles. The van der Waals surface area contributed by atoms with E-state index in [4.69, 9.17) is 30.4 Å². The van der Waals surface area contributed by atoms with Crippen LogP contribution in [0.25, 0.3) is 11.5 Å². The minimum atomic E-state index is -1.39. The molecule has 8 radical (unpaired) electrons. The van der Waals surface area contributed by atoms with E-state index in [2.05, 4.69) is 16.0 Å². The van der Waals surface area contributed by atoms with Crippen LogP contribution in [0.15, 0.2) is 0 Å². The van der Waals surface area contributed by atoms with Crippen LogP contribution in [0.3, 0.4) is 0 Å². The number of carbonyl (C=O) groups excluding carboxylic acids is 4. The van der Waals surface area contributed by atoms with Crippen molar-refractivity contribution in [3.8, 4) is 0 Å². The number of hydrogen-bond acceptors (Lipinski definition) is 14. The number of hydrogen-bond donors (Lipinski definition) is 9. The molecule has 2 aliphatic rings. The van der Waals surface area contributed by atoms with Crippen molar-refractivity contribution in [2.24, 2.45) is 5.92 Å². The molecule has 0 aliphatic carbocycles. The number of amides is 3. The van der Waals surface area contributed by atoms with E-state index >= 15 is 0 Å². The normalized spacial score (nSPS) is 25.6. The van der Waals surface area contributed by atoms with Gasteiger partial charge in [-0.25, -0.2) is 0 Å². The number of rotatable bonds is 27. The van der Waals surface area contributed by atoms with Crippen LogP contribution in [-0.2, 0) is 38.1 Å². The quantitative estimate of drug-likeness (QED) is 0.0463. The topological polar surface area (TPSA) is 310 Å². The van der Waals surface area contributed by atoms with E-state index < -0.39 is 98.3 Å². The maximum absolute atomic E-state index is 12.9. The summed E-state index contributed by atoms with van der Waals surface area (Å²) in [7, 11) is 0. The minimum absolute atomic E-state index is 0. The van der Waals surface area contributed by atoms with Gasteiger partial charge in [0.05, 0.1) is 25.4 Å². The van der Waals surface area contributed by atoms with Gasteiger partial charge in [-0.05, 0) is 45.4 Å². The Morgan fingerprint density at radius 1 is 0.587 bits per heavy atom. The van der Waals surface area contributed by atoms with Gasteiger partial charge in [-0.3, -0.25) is 14.4 Å². The van der Waals surface area contributed by atoms with E-state index in [1.807, 2.05) is 0 Å². The molecule has 0 aromatic carbocycles. The van der Waals surface area contributed by atoms with Crippen molar-refractivity contribution >= 4 is 23.5 Å². The molecule has 3 amide bonds. The third kappa shape index (κ3) is 36.0. The summed E-state index contributed by atoms with van der Waals surface area (Å²) < 4.78 is 21.8. The molecular formula is C36H65Ac8N5O14-2. The molecule has 12 atom stereocenters. The van der Waals surface area contributed by atoms with Gasteiger partial charge in [0.2, 0.25) is 17.7 Å². The molecule has 0 aromatic heterocycles. The van der Waals surface area contributed by atoms with Crippen molar-refractivity contribution < 1.29 is 421 Å². The van der Waals surface area contributed by atoms with Gasteiger partial charge in [-0.15, -0.1) is 0 Å². The van der Waals surface area contributed by atoms with Gasteiger partial charge >= 0.3 is 0 Å². The van der Waals surface area contributed by atoms with Crippen molar-refractivity contribution in [2.45, 2.75) is 158 Å². The summed E-state index contributed by atoms with van der Waals surface area (Å²) in [5.41, 5.74) is 15.9. The summed E-state index contributed by atoms with van der Waals surface area (Å²) in [6.07, 6.45) is -3.42.